The topological polar surface area (TPSA) is 72.5 Å². The molecular formula is C13H18BrNO3. The second-order valence-electron chi connectivity index (χ2n) is 4.04. The molecule has 0 aliphatic heterocycles. The zero-order valence-corrected chi connectivity index (χ0v) is 11.7. The fourth-order valence-electron chi connectivity index (χ4n) is 1.49. The average molecular weight is 316 g/mol. The molecule has 0 bridgehead atoms. The van der Waals surface area contributed by atoms with Gasteiger partial charge in [0.1, 0.15) is 11.8 Å². The second-order valence-corrected chi connectivity index (χ2v) is 4.83. The highest BCUT2D eigenvalue weighted by atomic mass is 79.9. The Kier molecular flexibility index (Phi) is 6.75. The third-order valence-corrected chi connectivity index (χ3v) is 3.03. The van der Waals surface area contributed by atoms with Crippen LogP contribution >= 0.6 is 15.9 Å². The molecule has 0 saturated heterocycles. The fourth-order valence-corrected chi connectivity index (χ4v) is 1.89. The molecule has 0 aromatic heterocycles. The van der Waals surface area contributed by atoms with Crippen LogP contribution < -0.4 is 10.5 Å². The number of carbonyl (C=O) groups is 1. The Labute approximate surface area is 115 Å². The van der Waals surface area contributed by atoms with E-state index in [-0.39, 0.29) is 0 Å². The Balaban J connectivity index is 2.48. The lowest BCUT2D eigenvalue weighted by atomic mass is 10.1. The number of nitrogens with two attached hydrogens (primary N) is 1. The van der Waals surface area contributed by atoms with Crippen LogP contribution in [0.3, 0.4) is 0 Å². The molecule has 1 unspecified atom stereocenters. The van der Waals surface area contributed by atoms with Crippen LogP contribution in [0.25, 0.3) is 0 Å². The summed E-state index contributed by atoms with van der Waals surface area (Å²) in [6.07, 6.45) is 2.38. The second kappa shape index (κ2) is 8.11. The quantitative estimate of drug-likeness (QED) is 0.570. The number of alkyl halides is 1. The van der Waals surface area contributed by atoms with Crippen LogP contribution in [0.5, 0.6) is 5.75 Å². The maximum Gasteiger partial charge on any atom is 0.320 e. The molecule has 4 nitrogen and oxygen atoms in total. The van der Waals surface area contributed by atoms with Crippen molar-refractivity contribution in [1.29, 1.82) is 0 Å². The standard InChI is InChI=1S/C13H18BrNO3/c14-6-1-2-7-18-11-5-3-4-10(8-11)9-12(15)13(16)17/h3-5,8,12H,1-2,6-7,9,15H2,(H,16,17). The minimum absolute atomic E-state index is 0.313. The van der Waals surface area contributed by atoms with Crippen molar-refractivity contribution in [3.8, 4) is 5.75 Å². The molecule has 100 valence electrons. The molecule has 3 N–H and O–H groups in total. The third-order valence-electron chi connectivity index (χ3n) is 2.47. The van der Waals surface area contributed by atoms with Crippen LogP contribution in [0.15, 0.2) is 24.3 Å². The number of aliphatic carboxylic acids is 1. The summed E-state index contributed by atoms with van der Waals surface area (Å²) in [4.78, 5) is 10.7. The van der Waals surface area contributed by atoms with Crippen LogP contribution in [-0.4, -0.2) is 29.1 Å². The highest BCUT2D eigenvalue weighted by molar-refractivity contribution is 9.09. The summed E-state index contributed by atoms with van der Waals surface area (Å²) in [5.41, 5.74) is 6.37. The van der Waals surface area contributed by atoms with E-state index in [9.17, 15) is 4.79 Å². The monoisotopic (exact) mass is 315 g/mol. The van der Waals surface area contributed by atoms with Crippen molar-refractivity contribution in [2.24, 2.45) is 5.73 Å². The predicted octanol–water partition coefficient (Wildman–Crippen LogP) is 2.19. The third kappa shape index (κ3) is 5.51. The molecule has 0 aliphatic carbocycles. The van der Waals surface area contributed by atoms with Gasteiger partial charge in [0.15, 0.2) is 0 Å². The van der Waals surface area contributed by atoms with Crippen LogP contribution in [0.2, 0.25) is 0 Å². The van der Waals surface area contributed by atoms with Crippen LogP contribution in [-0.2, 0) is 11.2 Å². The number of halogens is 1. The van der Waals surface area contributed by atoms with Crippen molar-refractivity contribution in [2.75, 3.05) is 11.9 Å². The molecule has 0 spiro atoms. The van der Waals surface area contributed by atoms with Crippen molar-refractivity contribution in [2.45, 2.75) is 25.3 Å². The van der Waals surface area contributed by atoms with Crippen molar-refractivity contribution in [3.63, 3.8) is 0 Å². The van der Waals surface area contributed by atoms with Gasteiger partial charge in [-0.25, -0.2) is 0 Å². The number of hydrogen-bond donors (Lipinski definition) is 2. The van der Waals surface area contributed by atoms with E-state index in [0.717, 1.165) is 29.5 Å². The molecule has 1 aromatic carbocycles. The summed E-state index contributed by atoms with van der Waals surface area (Å²) < 4.78 is 5.58. The molecule has 1 aromatic rings. The number of carboxylic acid groups (broad SMARTS) is 1. The van der Waals surface area contributed by atoms with E-state index in [2.05, 4.69) is 15.9 Å². The minimum atomic E-state index is -0.987. The zero-order valence-electron chi connectivity index (χ0n) is 10.1. The first-order chi connectivity index (χ1) is 8.63. The number of carboxylic acids is 1. The van der Waals surface area contributed by atoms with E-state index in [1.807, 2.05) is 24.3 Å². The molecule has 0 saturated carbocycles. The zero-order chi connectivity index (χ0) is 13.4. The number of benzene rings is 1. The van der Waals surface area contributed by atoms with Gasteiger partial charge in [-0.2, -0.15) is 0 Å². The maximum absolute atomic E-state index is 10.7. The number of hydrogen-bond acceptors (Lipinski definition) is 3. The van der Waals surface area contributed by atoms with Gasteiger partial charge in [0.25, 0.3) is 0 Å². The van der Waals surface area contributed by atoms with Gasteiger partial charge >= 0.3 is 5.97 Å². The SMILES string of the molecule is NC(Cc1cccc(OCCCCBr)c1)C(=O)O. The van der Waals surface area contributed by atoms with E-state index in [0.29, 0.717) is 13.0 Å². The van der Waals surface area contributed by atoms with Crippen molar-refractivity contribution in [1.82, 2.24) is 0 Å². The van der Waals surface area contributed by atoms with Crippen molar-refractivity contribution >= 4 is 21.9 Å². The largest absolute Gasteiger partial charge is 0.494 e. The lowest BCUT2D eigenvalue weighted by molar-refractivity contribution is -0.138. The molecular weight excluding hydrogens is 298 g/mol. The molecule has 0 heterocycles. The molecule has 18 heavy (non-hydrogen) atoms. The summed E-state index contributed by atoms with van der Waals surface area (Å²) in [6.45, 7) is 0.667. The Morgan fingerprint density at radius 1 is 1.44 bits per heavy atom. The van der Waals surface area contributed by atoms with Crippen LogP contribution in [0.4, 0.5) is 0 Å². The van der Waals surface area contributed by atoms with Gasteiger partial charge in [0.2, 0.25) is 0 Å². The summed E-state index contributed by atoms with van der Waals surface area (Å²) in [7, 11) is 0. The minimum Gasteiger partial charge on any atom is -0.494 e. The average Bonchev–Trinajstić information content (AvgIpc) is 2.35. The van der Waals surface area contributed by atoms with Gasteiger partial charge in [0.05, 0.1) is 6.61 Å². The number of rotatable bonds is 8. The molecule has 0 radical (unpaired) electrons. The highest BCUT2D eigenvalue weighted by Crippen LogP contribution is 2.15. The van der Waals surface area contributed by atoms with Crippen LogP contribution in [0, 0.1) is 0 Å². The Bertz CT molecular complexity index is 384. The molecule has 0 fully saturated rings. The first-order valence-electron chi connectivity index (χ1n) is 5.89. The highest BCUT2D eigenvalue weighted by Gasteiger charge is 2.12. The molecule has 0 aliphatic rings. The van der Waals surface area contributed by atoms with Gasteiger partial charge in [-0.1, -0.05) is 28.1 Å². The van der Waals surface area contributed by atoms with E-state index in [1.165, 1.54) is 0 Å². The number of unbranched alkanes of at least 4 members (excludes halogenated alkanes) is 1. The Morgan fingerprint density at radius 2 is 2.22 bits per heavy atom. The molecule has 5 heteroatoms. The maximum atomic E-state index is 10.7. The molecule has 0 amide bonds. The number of ether oxygens (including phenoxy) is 1. The van der Waals surface area contributed by atoms with Crippen molar-refractivity contribution in [3.05, 3.63) is 29.8 Å². The first kappa shape index (κ1) is 15.0. The molecule has 1 rings (SSSR count). The van der Waals surface area contributed by atoms with E-state index in [4.69, 9.17) is 15.6 Å². The summed E-state index contributed by atoms with van der Waals surface area (Å²) in [5.74, 6) is -0.224. The van der Waals surface area contributed by atoms with Gasteiger partial charge in [-0.05, 0) is 37.0 Å². The smallest absolute Gasteiger partial charge is 0.320 e. The molecule has 1 atom stereocenters. The van der Waals surface area contributed by atoms with Crippen LogP contribution in [0.1, 0.15) is 18.4 Å². The Hall–Kier alpha value is -1.07. The normalized spacial score (nSPS) is 12.1. The van der Waals surface area contributed by atoms with Gasteiger partial charge in [0, 0.05) is 5.33 Å². The summed E-state index contributed by atoms with van der Waals surface area (Å²) >= 11 is 3.36. The first-order valence-corrected chi connectivity index (χ1v) is 7.01. The van der Waals surface area contributed by atoms with Gasteiger partial charge in [-0.15, -0.1) is 0 Å². The van der Waals surface area contributed by atoms with E-state index in [1.54, 1.807) is 0 Å². The van der Waals surface area contributed by atoms with Gasteiger partial charge in [-0.3, -0.25) is 4.79 Å². The van der Waals surface area contributed by atoms with Crippen molar-refractivity contribution < 1.29 is 14.6 Å². The lowest BCUT2D eigenvalue weighted by Crippen LogP contribution is -2.32. The van der Waals surface area contributed by atoms with Gasteiger partial charge < -0.3 is 15.6 Å². The Morgan fingerprint density at radius 3 is 2.89 bits per heavy atom. The summed E-state index contributed by atoms with van der Waals surface area (Å²) in [6, 6.07) is 6.55. The fraction of sp³-hybridized carbons (Fsp3) is 0.462. The lowest BCUT2D eigenvalue weighted by Gasteiger charge is -2.09. The van der Waals surface area contributed by atoms with E-state index >= 15 is 0 Å². The summed E-state index contributed by atoms with van der Waals surface area (Å²) in [5, 5.41) is 9.73. The van der Waals surface area contributed by atoms with E-state index < -0.39 is 12.0 Å². The predicted molar refractivity (Wildman–Crippen MR) is 74.3 cm³/mol.